The van der Waals surface area contributed by atoms with Gasteiger partial charge in [-0.25, -0.2) is 15.8 Å². The Hall–Kier alpha value is -1.48. The van der Waals surface area contributed by atoms with E-state index in [1.807, 2.05) is 0 Å². The molecule has 5 N–H and O–H groups in total. The fraction of sp³-hybridized carbons (Fsp3) is 0.636. The Morgan fingerprint density at radius 3 is 2.95 bits per heavy atom. The molecule has 106 valence electrons. The van der Waals surface area contributed by atoms with Gasteiger partial charge in [0.1, 0.15) is 23.8 Å². The molecule has 0 saturated carbocycles. The molecule has 0 spiro atoms. The normalized spacial score (nSPS) is 22.5. The number of nitrogen functional groups attached to an aromatic ring is 1. The maximum atomic E-state index is 10.2. The van der Waals surface area contributed by atoms with Gasteiger partial charge in [-0.1, -0.05) is 0 Å². The lowest BCUT2D eigenvalue weighted by Gasteiger charge is -2.21. The first kappa shape index (κ1) is 13.9. The van der Waals surface area contributed by atoms with Crippen molar-refractivity contribution in [2.45, 2.75) is 18.6 Å². The van der Waals surface area contributed by atoms with Gasteiger partial charge in [0.25, 0.3) is 0 Å². The van der Waals surface area contributed by atoms with E-state index in [9.17, 15) is 5.11 Å². The molecular weight excluding hydrogens is 250 g/mol. The van der Waals surface area contributed by atoms with Gasteiger partial charge in [-0.15, -0.1) is 0 Å². The highest BCUT2D eigenvalue weighted by atomic mass is 16.5. The van der Waals surface area contributed by atoms with Crippen LogP contribution >= 0.6 is 0 Å². The maximum absolute atomic E-state index is 10.2. The third-order valence-electron chi connectivity index (χ3n) is 2.87. The summed E-state index contributed by atoms with van der Waals surface area (Å²) in [6, 6.07) is 1.67. The molecule has 0 amide bonds. The fourth-order valence-electron chi connectivity index (χ4n) is 1.85. The van der Waals surface area contributed by atoms with E-state index in [1.54, 1.807) is 13.2 Å². The van der Waals surface area contributed by atoms with Crippen LogP contribution in [0.25, 0.3) is 0 Å². The Kier molecular flexibility index (Phi) is 4.48. The van der Waals surface area contributed by atoms with Gasteiger partial charge in [0.05, 0.1) is 6.61 Å². The zero-order valence-corrected chi connectivity index (χ0v) is 10.8. The number of nitrogens with zero attached hydrogens (tertiary/aromatic N) is 2. The van der Waals surface area contributed by atoms with E-state index in [2.05, 4.69) is 20.7 Å². The zero-order valence-electron chi connectivity index (χ0n) is 10.8. The Morgan fingerprint density at radius 1 is 1.53 bits per heavy atom. The van der Waals surface area contributed by atoms with Crippen molar-refractivity contribution in [3.8, 4) is 0 Å². The van der Waals surface area contributed by atoms with E-state index < -0.39 is 5.60 Å². The summed E-state index contributed by atoms with van der Waals surface area (Å²) in [6.07, 6.45) is 0.609. The molecule has 0 aliphatic carbocycles. The summed E-state index contributed by atoms with van der Waals surface area (Å²) in [5.74, 6) is 6.92. The van der Waals surface area contributed by atoms with Gasteiger partial charge in [0.15, 0.2) is 5.82 Å². The number of ether oxygens (including phenoxy) is 2. The van der Waals surface area contributed by atoms with E-state index in [0.29, 0.717) is 43.6 Å². The number of aromatic nitrogens is 2. The van der Waals surface area contributed by atoms with Crippen LogP contribution in [0.3, 0.4) is 0 Å². The van der Waals surface area contributed by atoms with Crippen molar-refractivity contribution in [2.24, 2.45) is 5.84 Å². The minimum absolute atomic E-state index is 0.289. The Bertz CT molecular complexity index is 423. The van der Waals surface area contributed by atoms with Gasteiger partial charge < -0.3 is 25.3 Å². The van der Waals surface area contributed by atoms with Crippen LogP contribution in [-0.2, 0) is 16.1 Å². The van der Waals surface area contributed by atoms with Crippen LogP contribution in [0.4, 0.5) is 11.6 Å². The molecule has 1 aromatic heterocycles. The highest BCUT2D eigenvalue weighted by Crippen LogP contribution is 2.19. The monoisotopic (exact) mass is 269 g/mol. The number of hydrogen-bond acceptors (Lipinski definition) is 8. The van der Waals surface area contributed by atoms with Crippen molar-refractivity contribution in [1.82, 2.24) is 9.97 Å². The van der Waals surface area contributed by atoms with E-state index in [4.69, 9.17) is 15.3 Å². The zero-order chi connectivity index (χ0) is 13.7. The summed E-state index contributed by atoms with van der Waals surface area (Å²) in [6.45, 7) is 1.56. The van der Waals surface area contributed by atoms with E-state index in [0.717, 1.165) is 0 Å². The lowest BCUT2D eigenvalue weighted by Crippen LogP contribution is -2.37. The van der Waals surface area contributed by atoms with Crippen LogP contribution in [0.5, 0.6) is 0 Å². The van der Waals surface area contributed by atoms with E-state index >= 15 is 0 Å². The summed E-state index contributed by atoms with van der Waals surface area (Å²) >= 11 is 0. The second-order valence-electron chi connectivity index (χ2n) is 4.51. The number of methoxy groups -OCH3 is 1. The lowest BCUT2D eigenvalue weighted by molar-refractivity contribution is 0.0381. The van der Waals surface area contributed by atoms with Crippen molar-refractivity contribution in [3.63, 3.8) is 0 Å². The summed E-state index contributed by atoms with van der Waals surface area (Å²) in [7, 11) is 1.57. The van der Waals surface area contributed by atoms with Crippen LogP contribution in [-0.4, -0.2) is 47.5 Å². The molecule has 0 radical (unpaired) electrons. The summed E-state index contributed by atoms with van der Waals surface area (Å²) in [5, 5.41) is 13.2. The second-order valence-corrected chi connectivity index (χ2v) is 4.51. The molecule has 1 unspecified atom stereocenters. The number of aliphatic hydroxyl groups is 1. The Morgan fingerprint density at radius 2 is 2.32 bits per heavy atom. The second kappa shape index (κ2) is 6.11. The molecule has 2 heterocycles. The number of nitrogens with two attached hydrogens (primary N) is 1. The van der Waals surface area contributed by atoms with Crippen molar-refractivity contribution in [3.05, 3.63) is 11.9 Å². The molecule has 8 heteroatoms. The fourth-order valence-corrected chi connectivity index (χ4v) is 1.85. The first-order valence-corrected chi connectivity index (χ1v) is 6.03. The molecule has 1 fully saturated rings. The molecule has 2 rings (SSSR count). The summed E-state index contributed by atoms with van der Waals surface area (Å²) in [5.41, 5.74) is 1.63. The van der Waals surface area contributed by atoms with E-state index in [-0.39, 0.29) is 6.61 Å². The summed E-state index contributed by atoms with van der Waals surface area (Å²) < 4.78 is 10.2. The van der Waals surface area contributed by atoms with Gasteiger partial charge in [0, 0.05) is 32.7 Å². The molecular formula is C11H19N5O3. The van der Waals surface area contributed by atoms with Crippen molar-refractivity contribution in [1.29, 1.82) is 0 Å². The third kappa shape index (κ3) is 3.74. The minimum atomic E-state index is -0.845. The van der Waals surface area contributed by atoms with Crippen LogP contribution < -0.4 is 16.6 Å². The Labute approximate surface area is 111 Å². The van der Waals surface area contributed by atoms with Gasteiger partial charge in [0.2, 0.25) is 0 Å². The molecule has 0 bridgehead atoms. The molecule has 1 aromatic rings. The maximum Gasteiger partial charge on any atom is 0.158 e. The molecule has 1 aliphatic rings. The largest absolute Gasteiger partial charge is 0.386 e. The number of nitrogens with one attached hydrogen (secondary N) is 2. The Balaban J connectivity index is 2.04. The standard InChI is InChI=1S/C11H19N5O3/c1-18-5-10-14-8(4-9(15-10)16-12)13-6-11(17)2-3-19-7-11/h4,17H,2-3,5-7,12H2,1H3,(H2,13,14,15,16). The van der Waals surface area contributed by atoms with E-state index in [1.165, 1.54) is 0 Å². The molecule has 8 nitrogen and oxygen atoms in total. The van der Waals surface area contributed by atoms with Crippen molar-refractivity contribution >= 4 is 11.6 Å². The van der Waals surface area contributed by atoms with Gasteiger partial charge in [-0.05, 0) is 0 Å². The predicted molar refractivity (Wildman–Crippen MR) is 69.4 cm³/mol. The van der Waals surface area contributed by atoms with Gasteiger partial charge >= 0.3 is 0 Å². The molecule has 19 heavy (non-hydrogen) atoms. The first-order chi connectivity index (χ1) is 9.15. The lowest BCUT2D eigenvalue weighted by atomic mass is 10.0. The first-order valence-electron chi connectivity index (χ1n) is 6.03. The van der Waals surface area contributed by atoms with Crippen LogP contribution in [0, 0.1) is 0 Å². The molecule has 1 atom stereocenters. The topological polar surface area (TPSA) is 115 Å². The van der Waals surface area contributed by atoms with Gasteiger partial charge in [-0.3, -0.25) is 0 Å². The summed E-state index contributed by atoms with van der Waals surface area (Å²) in [4.78, 5) is 8.41. The number of hydrazine groups is 1. The minimum Gasteiger partial charge on any atom is -0.386 e. The third-order valence-corrected chi connectivity index (χ3v) is 2.87. The molecule has 0 aromatic carbocycles. The van der Waals surface area contributed by atoms with Crippen molar-refractivity contribution < 1.29 is 14.6 Å². The average molecular weight is 269 g/mol. The highest BCUT2D eigenvalue weighted by Gasteiger charge is 2.32. The quantitative estimate of drug-likeness (QED) is 0.402. The van der Waals surface area contributed by atoms with Crippen LogP contribution in [0.15, 0.2) is 6.07 Å². The smallest absolute Gasteiger partial charge is 0.158 e. The molecule has 1 saturated heterocycles. The SMILES string of the molecule is COCc1nc(NN)cc(NCC2(O)CCOC2)n1. The predicted octanol–water partition coefficient (Wildman–Crippen LogP) is -0.528. The van der Waals surface area contributed by atoms with Crippen LogP contribution in [0.2, 0.25) is 0 Å². The molecule has 1 aliphatic heterocycles. The van der Waals surface area contributed by atoms with Crippen LogP contribution in [0.1, 0.15) is 12.2 Å². The number of rotatable bonds is 6. The van der Waals surface area contributed by atoms with Gasteiger partial charge in [-0.2, -0.15) is 0 Å². The number of anilines is 2. The average Bonchev–Trinajstić information content (AvgIpc) is 2.84. The van der Waals surface area contributed by atoms with Crippen molar-refractivity contribution in [2.75, 3.05) is 37.6 Å². The number of hydrogen-bond donors (Lipinski definition) is 4. The highest BCUT2D eigenvalue weighted by molar-refractivity contribution is 5.47.